The molecule has 0 aliphatic carbocycles. The molecule has 0 bridgehead atoms. The lowest BCUT2D eigenvalue weighted by Crippen LogP contribution is -2.24. The number of esters is 1. The van der Waals surface area contributed by atoms with E-state index in [1.165, 1.54) is 0 Å². The number of halogens is 2. The summed E-state index contributed by atoms with van der Waals surface area (Å²) in [6.45, 7) is 9.54. The van der Waals surface area contributed by atoms with Gasteiger partial charge >= 0.3 is 5.97 Å². The van der Waals surface area contributed by atoms with Crippen LogP contribution >= 0.6 is 11.8 Å². The molecule has 21 heavy (non-hydrogen) atoms. The fourth-order valence-electron chi connectivity index (χ4n) is 1.77. The van der Waals surface area contributed by atoms with Crippen molar-refractivity contribution >= 4 is 17.7 Å². The van der Waals surface area contributed by atoms with Crippen LogP contribution in [0.3, 0.4) is 0 Å². The summed E-state index contributed by atoms with van der Waals surface area (Å²) in [7, 11) is 0. The van der Waals surface area contributed by atoms with Gasteiger partial charge in [0.05, 0.1) is 6.61 Å². The minimum Gasteiger partial charge on any atom is -0.465 e. The van der Waals surface area contributed by atoms with E-state index in [4.69, 9.17) is 4.74 Å². The second-order valence-corrected chi connectivity index (χ2v) is 7.85. The monoisotopic (exact) mass is 324 g/mol. The zero-order chi connectivity index (χ0) is 16.5. The molecule has 0 radical (unpaired) electrons. The number of carbonyl (C=O) groups is 1. The number of unbranched alkanes of at least 4 members (excludes halogenated alkanes) is 1. The maximum Gasteiger partial charge on any atom is 0.319 e. The Bertz CT molecular complexity index is 288. The second-order valence-electron chi connectivity index (χ2n) is 6.54. The Morgan fingerprint density at radius 3 is 2.24 bits per heavy atom. The first kappa shape index (κ1) is 20.7. The number of thioether (sulfide) groups is 1. The van der Waals surface area contributed by atoms with Crippen molar-refractivity contribution in [3.63, 3.8) is 0 Å². The summed E-state index contributed by atoms with van der Waals surface area (Å²) in [6, 6.07) is 0. The summed E-state index contributed by atoms with van der Waals surface area (Å²) in [4.78, 5) is 12.0. The first-order chi connectivity index (χ1) is 9.61. The van der Waals surface area contributed by atoms with E-state index in [-0.39, 0.29) is 17.6 Å². The Labute approximate surface area is 132 Å². The molecule has 1 atom stereocenters. The first-order valence-corrected chi connectivity index (χ1v) is 8.82. The lowest BCUT2D eigenvalue weighted by Gasteiger charge is -2.18. The van der Waals surface area contributed by atoms with Gasteiger partial charge in [-0.2, -0.15) is 0 Å². The topological polar surface area (TPSA) is 26.3 Å². The van der Waals surface area contributed by atoms with Crippen molar-refractivity contribution < 1.29 is 18.3 Å². The molecule has 0 aliphatic heterocycles. The molecule has 1 unspecified atom stereocenters. The van der Waals surface area contributed by atoms with Crippen LogP contribution in [-0.2, 0) is 9.53 Å². The summed E-state index contributed by atoms with van der Waals surface area (Å²) in [5.41, 5.74) is 0. The van der Waals surface area contributed by atoms with E-state index in [9.17, 15) is 13.6 Å². The van der Waals surface area contributed by atoms with E-state index in [1.807, 2.05) is 13.8 Å². The highest BCUT2D eigenvalue weighted by Gasteiger charge is 2.23. The molecule has 0 rings (SSSR count). The van der Waals surface area contributed by atoms with Crippen molar-refractivity contribution in [2.24, 2.45) is 11.8 Å². The maximum atomic E-state index is 12.7. The summed E-state index contributed by atoms with van der Waals surface area (Å²) in [5.74, 6) is -1.29. The Balaban J connectivity index is 4.09. The number of hydrogen-bond donors (Lipinski definition) is 0. The third kappa shape index (κ3) is 13.1. The van der Waals surface area contributed by atoms with Crippen LogP contribution in [0.2, 0.25) is 0 Å². The lowest BCUT2D eigenvalue weighted by molar-refractivity contribution is -0.144. The summed E-state index contributed by atoms with van der Waals surface area (Å²) < 4.78 is 30.7. The van der Waals surface area contributed by atoms with Gasteiger partial charge in [-0.05, 0) is 43.8 Å². The smallest absolute Gasteiger partial charge is 0.319 e. The van der Waals surface area contributed by atoms with Crippen molar-refractivity contribution in [1.29, 1.82) is 0 Å². The molecule has 0 aromatic heterocycles. The van der Waals surface area contributed by atoms with Crippen LogP contribution in [0.15, 0.2) is 0 Å². The highest BCUT2D eigenvalue weighted by molar-refractivity contribution is 8.00. The zero-order valence-electron chi connectivity index (χ0n) is 14.0. The van der Waals surface area contributed by atoms with Gasteiger partial charge in [0.15, 0.2) is 0 Å². The van der Waals surface area contributed by atoms with Crippen LogP contribution in [0, 0.1) is 11.8 Å². The molecule has 0 heterocycles. The van der Waals surface area contributed by atoms with E-state index in [1.54, 1.807) is 11.8 Å². The van der Waals surface area contributed by atoms with E-state index in [0.29, 0.717) is 31.3 Å². The van der Waals surface area contributed by atoms with Gasteiger partial charge in [0, 0.05) is 6.42 Å². The van der Waals surface area contributed by atoms with Gasteiger partial charge in [-0.3, -0.25) is 4.79 Å². The van der Waals surface area contributed by atoms with Crippen LogP contribution < -0.4 is 0 Å². The van der Waals surface area contributed by atoms with Gasteiger partial charge in [0.2, 0.25) is 5.92 Å². The Morgan fingerprint density at radius 2 is 1.76 bits per heavy atom. The first-order valence-electron chi connectivity index (χ1n) is 7.78. The van der Waals surface area contributed by atoms with Gasteiger partial charge in [0.1, 0.15) is 5.25 Å². The minimum atomic E-state index is -2.59. The van der Waals surface area contributed by atoms with Crippen LogP contribution in [0.1, 0.15) is 60.3 Å². The Hall–Kier alpha value is -0.320. The molecule has 126 valence electrons. The molecular weight excluding hydrogens is 294 g/mol. The molecule has 0 spiro atoms. The normalized spacial score (nSPS) is 13.8. The van der Waals surface area contributed by atoms with Crippen LogP contribution in [0.4, 0.5) is 8.78 Å². The number of hydrogen-bond acceptors (Lipinski definition) is 3. The van der Waals surface area contributed by atoms with Crippen molar-refractivity contribution in [2.75, 3.05) is 12.4 Å². The zero-order valence-corrected chi connectivity index (χ0v) is 14.8. The molecule has 0 N–H and O–H groups in total. The van der Waals surface area contributed by atoms with Gasteiger partial charge in [0.25, 0.3) is 0 Å². The SMILES string of the molecule is CC(C)COC(=O)C(CC(C)C)SCCCCC(C)(F)F. The van der Waals surface area contributed by atoms with Crippen molar-refractivity contribution in [1.82, 2.24) is 0 Å². The Morgan fingerprint density at radius 1 is 1.14 bits per heavy atom. The van der Waals surface area contributed by atoms with Crippen LogP contribution in [0.25, 0.3) is 0 Å². The van der Waals surface area contributed by atoms with Crippen molar-refractivity contribution in [3.05, 3.63) is 0 Å². The number of carbonyl (C=O) groups excluding carboxylic acids is 1. The number of rotatable bonds is 11. The van der Waals surface area contributed by atoms with Crippen molar-refractivity contribution in [3.8, 4) is 0 Å². The standard InChI is InChI=1S/C16H30F2O2S/c1-12(2)10-14(15(19)20-11-13(3)4)21-9-7-6-8-16(5,17)18/h12-14H,6-11H2,1-5H3. The predicted molar refractivity (Wildman–Crippen MR) is 86.0 cm³/mol. The molecule has 0 saturated heterocycles. The van der Waals surface area contributed by atoms with Crippen LogP contribution in [0.5, 0.6) is 0 Å². The fraction of sp³-hybridized carbons (Fsp3) is 0.938. The summed E-state index contributed by atoms with van der Waals surface area (Å²) >= 11 is 1.54. The molecule has 0 saturated carbocycles. The van der Waals surface area contributed by atoms with Gasteiger partial charge in [-0.15, -0.1) is 11.8 Å². The quantitative estimate of drug-likeness (QED) is 0.388. The van der Waals surface area contributed by atoms with E-state index in [2.05, 4.69) is 13.8 Å². The second kappa shape index (κ2) is 10.4. The third-order valence-corrected chi connectivity index (χ3v) is 4.15. The summed E-state index contributed by atoms with van der Waals surface area (Å²) in [6.07, 6.45) is 1.89. The van der Waals surface area contributed by atoms with E-state index < -0.39 is 5.92 Å². The average Bonchev–Trinajstić information content (AvgIpc) is 2.32. The highest BCUT2D eigenvalue weighted by Crippen LogP contribution is 2.24. The number of ether oxygens (including phenoxy) is 1. The molecule has 2 nitrogen and oxygen atoms in total. The lowest BCUT2D eigenvalue weighted by atomic mass is 10.1. The molecule has 0 fully saturated rings. The van der Waals surface area contributed by atoms with Gasteiger partial charge < -0.3 is 4.74 Å². The van der Waals surface area contributed by atoms with Gasteiger partial charge in [-0.25, -0.2) is 8.78 Å². The minimum absolute atomic E-state index is 0.0831. The molecular formula is C16H30F2O2S. The molecule has 5 heteroatoms. The largest absolute Gasteiger partial charge is 0.465 e. The molecule has 0 aromatic carbocycles. The number of alkyl halides is 2. The molecule has 0 aromatic rings. The fourth-order valence-corrected chi connectivity index (χ4v) is 3.15. The van der Waals surface area contributed by atoms with Crippen molar-refractivity contribution in [2.45, 2.75) is 71.5 Å². The van der Waals surface area contributed by atoms with Crippen LogP contribution in [-0.4, -0.2) is 29.5 Å². The highest BCUT2D eigenvalue weighted by atomic mass is 32.2. The molecule has 0 aliphatic rings. The Kier molecular flexibility index (Phi) is 10.3. The van der Waals surface area contributed by atoms with Gasteiger partial charge in [-0.1, -0.05) is 27.7 Å². The summed E-state index contributed by atoms with van der Waals surface area (Å²) in [5, 5.41) is -0.175. The van der Waals surface area contributed by atoms with E-state index in [0.717, 1.165) is 19.1 Å². The molecule has 0 amide bonds. The maximum absolute atomic E-state index is 12.7. The third-order valence-electron chi connectivity index (χ3n) is 2.84. The average molecular weight is 324 g/mol. The predicted octanol–water partition coefficient (Wildman–Crippen LogP) is 5.16. The van der Waals surface area contributed by atoms with E-state index >= 15 is 0 Å².